The molecule has 1 N–H and O–H groups in total. The maximum Gasteiger partial charge on any atom is 0.261 e. The fourth-order valence-corrected chi connectivity index (χ4v) is 4.46. The van der Waals surface area contributed by atoms with Gasteiger partial charge in [-0.3, -0.25) is 9.59 Å². The van der Waals surface area contributed by atoms with Crippen LogP contribution in [0.15, 0.2) is 51.9 Å². The lowest BCUT2D eigenvalue weighted by Crippen LogP contribution is -2.23. The van der Waals surface area contributed by atoms with Gasteiger partial charge >= 0.3 is 0 Å². The summed E-state index contributed by atoms with van der Waals surface area (Å²) < 4.78 is 2.93. The summed E-state index contributed by atoms with van der Waals surface area (Å²) in [6.07, 6.45) is 5.92. The van der Waals surface area contributed by atoms with Crippen molar-refractivity contribution in [1.82, 2.24) is 4.57 Å². The van der Waals surface area contributed by atoms with Crippen LogP contribution in [0.2, 0.25) is 0 Å². The summed E-state index contributed by atoms with van der Waals surface area (Å²) in [6, 6.07) is 12.0. The summed E-state index contributed by atoms with van der Waals surface area (Å²) in [5, 5.41) is 3.47. The number of benzene rings is 2. The van der Waals surface area contributed by atoms with Gasteiger partial charge in [0.1, 0.15) is 5.56 Å². The molecule has 0 saturated heterocycles. The molecule has 0 aliphatic carbocycles. The number of nitrogens with one attached hydrogen (secondary N) is 1. The van der Waals surface area contributed by atoms with Gasteiger partial charge in [-0.1, -0.05) is 41.4 Å². The molecule has 0 radical (unpaired) electrons. The number of rotatable bonds is 5. The molecule has 1 aromatic heterocycles. The van der Waals surface area contributed by atoms with Crippen LogP contribution in [-0.4, -0.2) is 10.5 Å². The Morgan fingerprint density at radius 1 is 1.25 bits per heavy atom. The van der Waals surface area contributed by atoms with Crippen LogP contribution < -0.4 is 10.7 Å². The zero-order chi connectivity index (χ0) is 19.8. The van der Waals surface area contributed by atoms with Crippen molar-refractivity contribution in [1.29, 1.82) is 0 Å². The van der Waals surface area contributed by atoms with E-state index in [9.17, 15) is 9.59 Å². The minimum Gasteiger partial charge on any atom is -0.343 e. The highest BCUT2D eigenvalue weighted by atomic mass is 79.9. The molecule has 0 bridgehead atoms. The minimum atomic E-state index is -0.363. The SMILES string of the molecule is CCCCc1ccc(NC(=O)c2cn3c4c(cc(Br)cc4c2=O)C[C@H]3C)cc1. The van der Waals surface area contributed by atoms with Gasteiger partial charge in [0.25, 0.3) is 5.91 Å². The first-order valence-corrected chi connectivity index (χ1v) is 10.5. The molecule has 4 rings (SSSR count). The lowest BCUT2D eigenvalue weighted by atomic mass is 10.1. The Kier molecular flexibility index (Phi) is 5.11. The Labute approximate surface area is 172 Å². The van der Waals surface area contributed by atoms with Crippen molar-refractivity contribution in [2.24, 2.45) is 0 Å². The number of carbonyl (C=O) groups is 1. The number of nitrogens with zero attached hydrogens (tertiary/aromatic N) is 1. The quantitative estimate of drug-likeness (QED) is 0.573. The van der Waals surface area contributed by atoms with Crippen LogP contribution in [0.3, 0.4) is 0 Å². The predicted molar refractivity (Wildman–Crippen MR) is 117 cm³/mol. The van der Waals surface area contributed by atoms with E-state index < -0.39 is 0 Å². The van der Waals surface area contributed by atoms with Crippen LogP contribution in [0.4, 0.5) is 5.69 Å². The van der Waals surface area contributed by atoms with Crippen molar-refractivity contribution in [2.75, 3.05) is 5.32 Å². The molecule has 1 atom stereocenters. The Morgan fingerprint density at radius 3 is 2.71 bits per heavy atom. The van der Waals surface area contributed by atoms with Gasteiger partial charge in [-0.25, -0.2) is 0 Å². The topological polar surface area (TPSA) is 51.1 Å². The Hall–Kier alpha value is -2.40. The van der Waals surface area contributed by atoms with E-state index in [1.807, 2.05) is 30.3 Å². The van der Waals surface area contributed by atoms with Gasteiger partial charge in [-0.2, -0.15) is 0 Å². The van der Waals surface area contributed by atoms with Gasteiger partial charge in [-0.15, -0.1) is 0 Å². The molecule has 1 aliphatic heterocycles. The molecule has 28 heavy (non-hydrogen) atoms. The Morgan fingerprint density at radius 2 is 2.00 bits per heavy atom. The van der Waals surface area contributed by atoms with Crippen molar-refractivity contribution in [3.8, 4) is 0 Å². The highest BCUT2D eigenvalue weighted by Crippen LogP contribution is 2.33. The molecule has 144 valence electrons. The fraction of sp³-hybridized carbons (Fsp3) is 0.304. The smallest absolute Gasteiger partial charge is 0.261 e. The molecule has 0 unspecified atom stereocenters. The van der Waals surface area contributed by atoms with E-state index in [1.54, 1.807) is 6.20 Å². The van der Waals surface area contributed by atoms with Crippen LogP contribution in [0.5, 0.6) is 0 Å². The first-order chi connectivity index (χ1) is 13.5. The van der Waals surface area contributed by atoms with Gasteiger partial charge in [0, 0.05) is 27.8 Å². The van der Waals surface area contributed by atoms with Crippen LogP contribution in [-0.2, 0) is 12.8 Å². The third-order valence-corrected chi connectivity index (χ3v) is 5.89. The minimum absolute atomic E-state index is 0.181. The number of halogens is 1. The van der Waals surface area contributed by atoms with Gasteiger partial charge in [-0.05, 0) is 61.6 Å². The number of hydrogen-bond donors (Lipinski definition) is 1. The predicted octanol–water partition coefficient (Wildman–Crippen LogP) is 5.48. The average Bonchev–Trinajstić information content (AvgIpc) is 2.99. The maximum absolute atomic E-state index is 13.0. The summed E-state index contributed by atoms with van der Waals surface area (Å²) in [5.41, 5.74) is 4.00. The first kappa shape index (κ1) is 18.9. The molecule has 4 nitrogen and oxygen atoms in total. The van der Waals surface area contributed by atoms with Gasteiger partial charge in [0.2, 0.25) is 5.43 Å². The maximum atomic E-state index is 13.0. The van der Waals surface area contributed by atoms with E-state index in [-0.39, 0.29) is 22.9 Å². The number of carbonyl (C=O) groups excluding carboxylic acids is 1. The molecular weight excluding hydrogens is 416 g/mol. The van der Waals surface area contributed by atoms with Gasteiger partial charge in [0.05, 0.1) is 5.52 Å². The van der Waals surface area contributed by atoms with Crippen molar-refractivity contribution in [2.45, 2.75) is 45.6 Å². The van der Waals surface area contributed by atoms with Crippen molar-refractivity contribution in [3.63, 3.8) is 0 Å². The third kappa shape index (κ3) is 3.39. The second-order valence-electron chi connectivity index (χ2n) is 7.55. The number of anilines is 1. The summed E-state index contributed by atoms with van der Waals surface area (Å²) in [7, 11) is 0. The summed E-state index contributed by atoms with van der Waals surface area (Å²) in [6.45, 7) is 4.28. The second kappa shape index (κ2) is 7.55. The highest BCUT2D eigenvalue weighted by Gasteiger charge is 2.25. The van der Waals surface area contributed by atoms with Crippen molar-refractivity contribution < 1.29 is 4.79 Å². The van der Waals surface area contributed by atoms with E-state index >= 15 is 0 Å². The van der Waals surface area contributed by atoms with Crippen LogP contribution in [0.25, 0.3) is 10.9 Å². The molecule has 2 heterocycles. The second-order valence-corrected chi connectivity index (χ2v) is 8.46. The van der Waals surface area contributed by atoms with Crippen LogP contribution >= 0.6 is 15.9 Å². The van der Waals surface area contributed by atoms with Crippen LogP contribution in [0, 0.1) is 0 Å². The normalized spacial score (nSPS) is 15.2. The average molecular weight is 439 g/mol. The molecule has 0 fully saturated rings. The monoisotopic (exact) mass is 438 g/mol. The standard InChI is InChI=1S/C23H23BrN2O2/c1-3-4-5-15-6-8-18(9-7-15)25-23(28)20-13-26-14(2)10-16-11-17(24)12-19(21(16)26)22(20)27/h6-9,11-14H,3-5,10H2,1-2H3,(H,25,28)/t14-/m1/s1. The van der Waals surface area contributed by atoms with Crippen LogP contribution in [0.1, 0.15) is 54.2 Å². The van der Waals surface area contributed by atoms with E-state index in [2.05, 4.69) is 45.7 Å². The highest BCUT2D eigenvalue weighted by molar-refractivity contribution is 9.10. The molecule has 0 spiro atoms. The number of aromatic nitrogens is 1. The molecule has 2 aromatic carbocycles. The summed E-state index contributed by atoms with van der Waals surface area (Å²) in [4.78, 5) is 25.9. The van der Waals surface area contributed by atoms with Crippen molar-refractivity contribution in [3.05, 3.63) is 74.0 Å². The largest absolute Gasteiger partial charge is 0.343 e. The molecule has 0 saturated carbocycles. The first-order valence-electron chi connectivity index (χ1n) is 9.75. The van der Waals surface area contributed by atoms with E-state index in [0.717, 1.165) is 41.2 Å². The fourth-order valence-electron chi connectivity index (χ4n) is 3.96. The summed E-state index contributed by atoms with van der Waals surface area (Å²) >= 11 is 3.49. The number of aryl methyl sites for hydroxylation is 1. The van der Waals surface area contributed by atoms with Crippen molar-refractivity contribution >= 4 is 38.4 Å². The Balaban J connectivity index is 1.67. The van der Waals surface area contributed by atoms with Gasteiger partial charge < -0.3 is 9.88 Å². The molecular formula is C23H23BrN2O2. The number of unbranched alkanes of at least 4 members (excludes halogenated alkanes) is 1. The summed E-state index contributed by atoms with van der Waals surface area (Å²) in [5.74, 6) is -0.363. The van der Waals surface area contributed by atoms with E-state index in [0.29, 0.717) is 11.1 Å². The van der Waals surface area contributed by atoms with Gasteiger partial charge in [0.15, 0.2) is 0 Å². The number of pyridine rings is 1. The number of hydrogen-bond acceptors (Lipinski definition) is 2. The molecule has 1 aliphatic rings. The Bertz CT molecular complexity index is 1120. The lowest BCUT2D eigenvalue weighted by molar-refractivity contribution is 0.102. The third-order valence-electron chi connectivity index (χ3n) is 5.43. The zero-order valence-electron chi connectivity index (χ0n) is 16.1. The van der Waals surface area contributed by atoms with E-state index in [4.69, 9.17) is 0 Å². The zero-order valence-corrected chi connectivity index (χ0v) is 17.7. The lowest BCUT2D eigenvalue weighted by Gasteiger charge is -2.13. The molecule has 3 aromatic rings. The molecule has 1 amide bonds. The molecule has 5 heteroatoms. The number of amides is 1. The van der Waals surface area contributed by atoms with E-state index in [1.165, 1.54) is 5.56 Å².